The van der Waals surface area contributed by atoms with Crippen LogP contribution in [0.3, 0.4) is 0 Å². The van der Waals surface area contributed by atoms with E-state index in [2.05, 4.69) is 10.5 Å². The molecule has 2 rings (SSSR count). The maximum Gasteiger partial charge on any atom is 0.277 e. The van der Waals surface area contributed by atoms with Gasteiger partial charge in [0.1, 0.15) is 5.75 Å². The van der Waals surface area contributed by atoms with Crippen LogP contribution in [-0.4, -0.2) is 18.7 Å². The quantitative estimate of drug-likeness (QED) is 0.666. The molecule has 0 bridgehead atoms. The first-order chi connectivity index (χ1) is 10.5. The fraction of sp³-hybridized carbons (Fsp3) is 0.125. The summed E-state index contributed by atoms with van der Waals surface area (Å²) in [6.45, 7) is 1.73. The normalized spacial score (nSPS) is 10.7. The number of hydrazone groups is 1. The number of nitrogens with one attached hydrogen (secondary N) is 1. The van der Waals surface area contributed by atoms with Gasteiger partial charge in [0, 0.05) is 10.0 Å². The van der Waals surface area contributed by atoms with E-state index in [4.69, 9.17) is 27.9 Å². The van der Waals surface area contributed by atoms with Gasteiger partial charge in [-0.15, -0.1) is 0 Å². The number of carbonyl (C=O) groups excluding carboxylic acids is 1. The highest BCUT2D eigenvalue weighted by Gasteiger charge is 2.04. The lowest BCUT2D eigenvalue weighted by Gasteiger charge is -2.08. The Kier molecular flexibility index (Phi) is 5.81. The predicted octanol–water partition coefficient (Wildman–Crippen LogP) is 3.83. The number of ether oxygens (including phenoxy) is 1. The summed E-state index contributed by atoms with van der Waals surface area (Å²) in [5.41, 5.74) is 4.05. The molecule has 2 aromatic rings. The van der Waals surface area contributed by atoms with Gasteiger partial charge < -0.3 is 4.74 Å². The number of benzene rings is 2. The van der Waals surface area contributed by atoms with Crippen LogP contribution < -0.4 is 10.2 Å². The third kappa shape index (κ3) is 5.06. The molecule has 0 atom stereocenters. The summed E-state index contributed by atoms with van der Waals surface area (Å²) in [6.07, 6.45) is 1.51. The van der Waals surface area contributed by atoms with Gasteiger partial charge in [-0.1, -0.05) is 35.3 Å². The maximum atomic E-state index is 11.6. The molecule has 114 valence electrons. The topological polar surface area (TPSA) is 50.7 Å². The number of halogens is 2. The average Bonchev–Trinajstić information content (AvgIpc) is 2.46. The minimum atomic E-state index is -0.354. The number of amides is 1. The Morgan fingerprint density at radius 1 is 1.23 bits per heavy atom. The van der Waals surface area contributed by atoms with Crippen molar-refractivity contribution in [3.63, 3.8) is 0 Å². The van der Waals surface area contributed by atoms with E-state index in [0.29, 0.717) is 15.8 Å². The van der Waals surface area contributed by atoms with Crippen LogP contribution in [-0.2, 0) is 4.79 Å². The molecule has 0 radical (unpaired) electrons. The van der Waals surface area contributed by atoms with E-state index in [1.807, 2.05) is 13.0 Å². The van der Waals surface area contributed by atoms with Crippen molar-refractivity contribution in [1.82, 2.24) is 5.43 Å². The van der Waals surface area contributed by atoms with E-state index in [1.165, 1.54) is 6.21 Å². The maximum absolute atomic E-state index is 11.6. The monoisotopic (exact) mass is 336 g/mol. The van der Waals surface area contributed by atoms with Crippen molar-refractivity contribution in [1.29, 1.82) is 0 Å². The Balaban J connectivity index is 1.83. The molecule has 1 N–H and O–H groups in total. The van der Waals surface area contributed by atoms with Crippen LogP contribution in [0.5, 0.6) is 5.75 Å². The Morgan fingerprint density at radius 3 is 2.73 bits per heavy atom. The lowest BCUT2D eigenvalue weighted by atomic mass is 10.2. The standard InChI is InChI=1S/C16H14Cl2N2O2/c1-11-7-14(18)5-6-15(11)22-10-16(21)20-19-9-12-3-2-4-13(17)8-12/h2-9H,10H2,1H3,(H,20,21)/b19-9+. The lowest BCUT2D eigenvalue weighted by molar-refractivity contribution is -0.123. The highest BCUT2D eigenvalue weighted by molar-refractivity contribution is 6.31. The van der Waals surface area contributed by atoms with Crippen LogP contribution in [0.2, 0.25) is 10.0 Å². The van der Waals surface area contributed by atoms with Crippen molar-refractivity contribution < 1.29 is 9.53 Å². The van der Waals surface area contributed by atoms with E-state index in [9.17, 15) is 4.79 Å². The van der Waals surface area contributed by atoms with Gasteiger partial charge in [-0.2, -0.15) is 5.10 Å². The molecular weight excluding hydrogens is 323 g/mol. The van der Waals surface area contributed by atoms with Crippen molar-refractivity contribution in [2.45, 2.75) is 6.92 Å². The van der Waals surface area contributed by atoms with Crippen LogP contribution in [0, 0.1) is 6.92 Å². The second-order valence-electron chi connectivity index (χ2n) is 4.55. The Hall–Kier alpha value is -2.04. The Morgan fingerprint density at radius 2 is 2.00 bits per heavy atom. The molecule has 0 saturated heterocycles. The van der Waals surface area contributed by atoms with Crippen molar-refractivity contribution >= 4 is 35.3 Å². The molecule has 0 fully saturated rings. The lowest BCUT2D eigenvalue weighted by Crippen LogP contribution is -2.24. The largest absolute Gasteiger partial charge is 0.483 e. The summed E-state index contributed by atoms with van der Waals surface area (Å²) in [5.74, 6) is 0.256. The molecule has 1 amide bonds. The minimum Gasteiger partial charge on any atom is -0.483 e. The molecule has 4 nitrogen and oxygen atoms in total. The average molecular weight is 337 g/mol. The second kappa shape index (κ2) is 7.82. The number of nitrogens with zero attached hydrogens (tertiary/aromatic N) is 1. The van der Waals surface area contributed by atoms with Gasteiger partial charge >= 0.3 is 0 Å². The van der Waals surface area contributed by atoms with Gasteiger partial charge in [-0.25, -0.2) is 5.43 Å². The number of carbonyl (C=O) groups is 1. The Bertz CT molecular complexity index is 702. The molecular formula is C16H14Cl2N2O2. The summed E-state index contributed by atoms with van der Waals surface area (Å²) in [7, 11) is 0. The number of hydrogen-bond acceptors (Lipinski definition) is 3. The summed E-state index contributed by atoms with van der Waals surface area (Å²) >= 11 is 11.7. The highest BCUT2D eigenvalue weighted by Crippen LogP contribution is 2.21. The SMILES string of the molecule is Cc1cc(Cl)ccc1OCC(=O)N/N=C/c1cccc(Cl)c1. The predicted molar refractivity (Wildman–Crippen MR) is 88.9 cm³/mol. The molecule has 6 heteroatoms. The van der Waals surface area contributed by atoms with Crippen LogP contribution in [0.15, 0.2) is 47.6 Å². The fourth-order valence-electron chi connectivity index (χ4n) is 1.72. The van der Waals surface area contributed by atoms with Gasteiger partial charge in [-0.05, 0) is 48.4 Å². The zero-order valence-electron chi connectivity index (χ0n) is 11.8. The molecule has 0 aliphatic carbocycles. The van der Waals surface area contributed by atoms with E-state index in [-0.39, 0.29) is 12.5 Å². The summed E-state index contributed by atoms with van der Waals surface area (Å²) in [6, 6.07) is 12.3. The van der Waals surface area contributed by atoms with Crippen LogP contribution in [0.1, 0.15) is 11.1 Å². The first kappa shape index (κ1) is 16.3. The first-order valence-corrected chi connectivity index (χ1v) is 7.26. The van der Waals surface area contributed by atoms with Gasteiger partial charge in [0.05, 0.1) is 6.21 Å². The van der Waals surface area contributed by atoms with Crippen molar-refractivity contribution in [2.24, 2.45) is 5.10 Å². The molecule has 22 heavy (non-hydrogen) atoms. The van der Waals surface area contributed by atoms with Gasteiger partial charge in [-0.3, -0.25) is 4.79 Å². The number of hydrogen-bond donors (Lipinski definition) is 1. The minimum absolute atomic E-state index is 0.130. The third-order valence-electron chi connectivity index (χ3n) is 2.75. The van der Waals surface area contributed by atoms with E-state index < -0.39 is 0 Å². The molecule has 0 heterocycles. The summed E-state index contributed by atoms with van der Waals surface area (Å²) < 4.78 is 5.41. The first-order valence-electron chi connectivity index (χ1n) is 6.51. The molecule has 0 aliphatic heterocycles. The summed E-state index contributed by atoms with van der Waals surface area (Å²) in [5, 5.41) is 5.08. The molecule has 0 spiro atoms. The number of rotatable bonds is 5. The zero-order chi connectivity index (χ0) is 15.9. The zero-order valence-corrected chi connectivity index (χ0v) is 13.4. The van der Waals surface area contributed by atoms with Gasteiger partial charge in [0.15, 0.2) is 6.61 Å². The number of aryl methyl sites for hydroxylation is 1. The van der Waals surface area contributed by atoms with E-state index >= 15 is 0 Å². The Labute approximate surface area is 138 Å². The highest BCUT2D eigenvalue weighted by atomic mass is 35.5. The molecule has 0 aromatic heterocycles. The van der Waals surface area contributed by atoms with Crippen LogP contribution in [0.25, 0.3) is 0 Å². The van der Waals surface area contributed by atoms with Gasteiger partial charge in [0.25, 0.3) is 5.91 Å². The third-order valence-corrected chi connectivity index (χ3v) is 3.22. The van der Waals surface area contributed by atoms with E-state index in [1.54, 1.807) is 36.4 Å². The second-order valence-corrected chi connectivity index (χ2v) is 5.42. The van der Waals surface area contributed by atoms with Crippen LogP contribution >= 0.6 is 23.2 Å². The van der Waals surface area contributed by atoms with Gasteiger partial charge in [0.2, 0.25) is 0 Å². The molecule has 0 saturated carbocycles. The van der Waals surface area contributed by atoms with Crippen molar-refractivity contribution in [3.05, 3.63) is 63.6 Å². The van der Waals surface area contributed by atoms with Crippen LogP contribution in [0.4, 0.5) is 0 Å². The van der Waals surface area contributed by atoms with Crippen molar-refractivity contribution in [3.8, 4) is 5.75 Å². The van der Waals surface area contributed by atoms with E-state index in [0.717, 1.165) is 11.1 Å². The smallest absolute Gasteiger partial charge is 0.277 e. The summed E-state index contributed by atoms with van der Waals surface area (Å²) in [4.78, 5) is 11.6. The fourth-order valence-corrected chi connectivity index (χ4v) is 2.14. The molecule has 0 unspecified atom stereocenters. The van der Waals surface area contributed by atoms with Crippen molar-refractivity contribution in [2.75, 3.05) is 6.61 Å². The molecule has 0 aliphatic rings. The molecule has 2 aromatic carbocycles.